The number of fused-ring (bicyclic) bond motifs is 1. The quantitative estimate of drug-likeness (QED) is 0.610. The normalized spacial score (nSPS) is 10.9. The molecule has 0 aliphatic carbocycles. The van der Waals surface area contributed by atoms with Crippen molar-refractivity contribution in [3.8, 4) is 0 Å². The van der Waals surface area contributed by atoms with Gasteiger partial charge in [0.05, 0.1) is 24.0 Å². The molecule has 1 amide bonds. The second-order valence-electron chi connectivity index (χ2n) is 6.36. The number of aromatic nitrogens is 3. The molecule has 2 aromatic carbocycles. The minimum atomic E-state index is -0.277. The number of nitrogens with zero attached hydrogens (tertiary/aromatic N) is 3. The molecule has 0 bridgehead atoms. The molecule has 0 unspecified atom stereocenters. The molecule has 0 spiro atoms. The summed E-state index contributed by atoms with van der Waals surface area (Å²) >= 11 is 0. The summed E-state index contributed by atoms with van der Waals surface area (Å²) in [5.74, 6) is -0.277. The lowest BCUT2D eigenvalue weighted by atomic mass is 10.1. The predicted octanol–water partition coefficient (Wildman–Crippen LogP) is 3.04. The van der Waals surface area contributed by atoms with Crippen molar-refractivity contribution in [2.75, 3.05) is 5.32 Å². The van der Waals surface area contributed by atoms with Crippen molar-refractivity contribution in [2.24, 2.45) is 7.05 Å². The van der Waals surface area contributed by atoms with Crippen LogP contribution in [-0.4, -0.2) is 20.3 Å². The molecule has 0 atom stereocenters. The Hall–Kier alpha value is -3.67. The van der Waals surface area contributed by atoms with Gasteiger partial charge >= 0.3 is 0 Å². The standard InChI is InChI=1S/C21H18N4O2/c1-24-13-16(11-22-24)23-20(26)19-14-25(12-15-7-3-2-4-8-15)21(27)18-10-6-5-9-17(18)19/h2-11,13-14H,12H2,1H3,(H,23,26). The third-order valence-electron chi connectivity index (χ3n) is 4.40. The maximum atomic E-state index is 12.9. The van der Waals surface area contributed by atoms with Crippen LogP contribution in [0.3, 0.4) is 0 Å². The van der Waals surface area contributed by atoms with Crippen molar-refractivity contribution in [3.05, 3.63) is 94.7 Å². The molecule has 0 aliphatic rings. The fourth-order valence-corrected chi connectivity index (χ4v) is 3.11. The molecule has 0 saturated carbocycles. The Kier molecular flexibility index (Phi) is 4.30. The molecule has 4 rings (SSSR count). The second-order valence-corrected chi connectivity index (χ2v) is 6.36. The van der Waals surface area contributed by atoms with E-state index < -0.39 is 0 Å². The van der Waals surface area contributed by atoms with Crippen molar-refractivity contribution in [1.29, 1.82) is 0 Å². The van der Waals surface area contributed by atoms with Gasteiger partial charge in [0, 0.05) is 30.2 Å². The van der Waals surface area contributed by atoms with Crippen molar-refractivity contribution >= 4 is 22.4 Å². The summed E-state index contributed by atoms with van der Waals surface area (Å²) in [6.45, 7) is 0.400. The summed E-state index contributed by atoms with van der Waals surface area (Å²) in [6, 6.07) is 16.9. The van der Waals surface area contributed by atoms with Crippen LogP contribution < -0.4 is 10.9 Å². The first-order chi connectivity index (χ1) is 13.1. The van der Waals surface area contributed by atoms with Gasteiger partial charge in [-0.1, -0.05) is 48.5 Å². The number of hydrogen-bond donors (Lipinski definition) is 1. The molecule has 6 heteroatoms. The van der Waals surface area contributed by atoms with Gasteiger partial charge in [-0.05, 0) is 11.6 Å². The molecule has 6 nitrogen and oxygen atoms in total. The van der Waals surface area contributed by atoms with Gasteiger partial charge in [-0.3, -0.25) is 14.3 Å². The van der Waals surface area contributed by atoms with E-state index in [4.69, 9.17) is 0 Å². The molecule has 0 radical (unpaired) electrons. The molecule has 1 N–H and O–H groups in total. The number of anilines is 1. The summed E-state index contributed by atoms with van der Waals surface area (Å²) in [6.07, 6.45) is 4.93. The molecule has 4 aromatic rings. The third kappa shape index (κ3) is 3.37. The number of carbonyl (C=O) groups excluding carboxylic acids is 1. The molecule has 0 saturated heterocycles. The highest BCUT2D eigenvalue weighted by atomic mass is 16.2. The van der Waals surface area contributed by atoms with Crippen LogP contribution in [0.2, 0.25) is 0 Å². The van der Waals surface area contributed by atoms with Crippen molar-refractivity contribution in [1.82, 2.24) is 14.3 Å². The minimum absolute atomic E-state index is 0.118. The summed E-state index contributed by atoms with van der Waals surface area (Å²) in [7, 11) is 1.78. The Morgan fingerprint density at radius 2 is 1.70 bits per heavy atom. The maximum absolute atomic E-state index is 12.9. The van der Waals surface area contributed by atoms with Crippen LogP contribution in [0.1, 0.15) is 15.9 Å². The van der Waals surface area contributed by atoms with Crippen LogP contribution in [0.4, 0.5) is 5.69 Å². The van der Waals surface area contributed by atoms with Crippen LogP contribution in [0.5, 0.6) is 0 Å². The Bertz CT molecular complexity index is 1180. The number of benzene rings is 2. The van der Waals surface area contributed by atoms with Gasteiger partial charge < -0.3 is 9.88 Å². The zero-order chi connectivity index (χ0) is 18.8. The van der Waals surface area contributed by atoms with Crippen LogP contribution in [0.25, 0.3) is 10.8 Å². The molecule has 2 aromatic heterocycles. The molecule has 0 aliphatic heterocycles. The Morgan fingerprint density at radius 1 is 1.00 bits per heavy atom. The summed E-state index contributed by atoms with van der Waals surface area (Å²) in [5.41, 5.74) is 1.93. The Balaban J connectivity index is 1.80. The lowest BCUT2D eigenvalue weighted by molar-refractivity contribution is 0.102. The minimum Gasteiger partial charge on any atom is -0.319 e. The van der Waals surface area contributed by atoms with Crippen molar-refractivity contribution in [3.63, 3.8) is 0 Å². The van der Waals surface area contributed by atoms with E-state index in [1.807, 2.05) is 36.4 Å². The molecule has 134 valence electrons. The first-order valence-electron chi connectivity index (χ1n) is 8.58. The summed E-state index contributed by atoms with van der Waals surface area (Å²) in [5, 5.41) is 8.06. The number of carbonyl (C=O) groups is 1. The van der Waals surface area contributed by atoms with Gasteiger partial charge in [0.25, 0.3) is 11.5 Å². The van der Waals surface area contributed by atoms with E-state index in [-0.39, 0.29) is 11.5 Å². The van der Waals surface area contributed by atoms with E-state index in [1.54, 1.807) is 53.1 Å². The fraction of sp³-hybridized carbons (Fsp3) is 0.0952. The van der Waals surface area contributed by atoms with Gasteiger partial charge in [-0.2, -0.15) is 5.10 Å². The number of rotatable bonds is 4. The van der Waals surface area contributed by atoms with Gasteiger partial charge in [0.2, 0.25) is 0 Å². The maximum Gasteiger partial charge on any atom is 0.258 e. The summed E-state index contributed by atoms with van der Waals surface area (Å²) in [4.78, 5) is 25.8. The van der Waals surface area contributed by atoms with Gasteiger partial charge in [0.15, 0.2) is 0 Å². The average molecular weight is 358 g/mol. The Labute approximate surface area is 155 Å². The SMILES string of the molecule is Cn1cc(NC(=O)c2cn(Cc3ccccc3)c(=O)c3ccccc23)cn1. The highest BCUT2D eigenvalue weighted by molar-refractivity contribution is 6.12. The number of amides is 1. The van der Waals surface area contributed by atoms with E-state index in [0.29, 0.717) is 28.6 Å². The lowest BCUT2D eigenvalue weighted by Gasteiger charge is -2.12. The molecular weight excluding hydrogens is 340 g/mol. The summed E-state index contributed by atoms with van der Waals surface area (Å²) < 4.78 is 3.19. The number of nitrogens with one attached hydrogen (secondary N) is 1. The van der Waals surface area contributed by atoms with Gasteiger partial charge in [-0.25, -0.2) is 0 Å². The van der Waals surface area contributed by atoms with Gasteiger partial charge in [0.1, 0.15) is 0 Å². The Morgan fingerprint density at radius 3 is 2.41 bits per heavy atom. The highest BCUT2D eigenvalue weighted by Crippen LogP contribution is 2.18. The third-order valence-corrected chi connectivity index (χ3v) is 4.40. The van der Waals surface area contributed by atoms with E-state index in [2.05, 4.69) is 10.4 Å². The van der Waals surface area contributed by atoms with E-state index in [1.165, 1.54) is 0 Å². The average Bonchev–Trinajstić information content (AvgIpc) is 3.09. The highest BCUT2D eigenvalue weighted by Gasteiger charge is 2.15. The predicted molar refractivity (Wildman–Crippen MR) is 105 cm³/mol. The fourth-order valence-electron chi connectivity index (χ4n) is 3.11. The number of aryl methyl sites for hydroxylation is 1. The molecule has 27 heavy (non-hydrogen) atoms. The van der Waals surface area contributed by atoms with Gasteiger partial charge in [-0.15, -0.1) is 0 Å². The van der Waals surface area contributed by atoms with E-state index in [0.717, 1.165) is 5.56 Å². The number of hydrogen-bond acceptors (Lipinski definition) is 3. The molecule has 2 heterocycles. The topological polar surface area (TPSA) is 68.9 Å². The number of pyridine rings is 1. The monoisotopic (exact) mass is 358 g/mol. The van der Waals surface area contributed by atoms with Crippen LogP contribution in [0.15, 0.2) is 78.0 Å². The molecular formula is C21H18N4O2. The first-order valence-corrected chi connectivity index (χ1v) is 8.58. The second kappa shape index (κ2) is 6.92. The van der Waals surface area contributed by atoms with E-state index >= 15 is 0 Å². The zero-order valence-corrected chi connectivity index (χ0v) is 14.8. The van der Waals surface area contributed by atoms with Crippen molar-refractivity contribution in [2.45, 2.75) is 6.54 Å². The van der Waals surface area contributed by atoms with Crippen LogP contribution >= 0.6 is 0 Å². The first kappa shape index (κ1) is 16.8. The smallest absolute Gasteiger partial charge is 0.258 e. The zero-order valence-electron chi connectivity index (χ0n) is 14.8. The van der Waals surface area contributed by atoms with Crippen LogP contribution in [-0.2, 0) is 13.6 Å². The lowest BCUT2D eigenvalue weighted by Crippen LogP contribution is -2.24. The van der Waals surface area contributed by atoms with E-state index in [9.17, 15) is 9.59 Å². The van der Waals surface area contributed by atoms with Crippen LogP contribution in [0, 0.1) is 0 Å². The van der Waals surface area contributed by atoms with Crippen molar-refractivity contribution < 1.29 is 4.79 Å². The largest absolute Gasteiger partial charge is 0.319 e. The molecule has 0 fully saturated rings.